The molecule has 4 rings (SSSR count). The maximum atomic E-state index is 12.3. The van der Waals surface area contributed by atoms with Crippen molar-refractivity contribution in [1.82, 2.24) is 20.4 Å². The van der Waals surface area contributed by atoms with Gasteiger partial charge in [-0.25, -0.2) is 4.79 Å². The molecule has 2 heterocycles. The molecule has 3 N–H and O–H groups in total. The van der Waals surface area contributed by atoms with Crippen LogP contribution >= 0.6 is 12.4 Å². The zero-order chi connectivity index (χ0) is 17.3. The quantitative estimate of drug-likeness (QED) is 0.850. The summed E-state index contributed by atoms with van der Waals surface area (Å²) in [7, 11) is 0. The molecule has 2 amide bonds. The number of halogens is 1. The molecule has 140 valence electrons. The van der Waals surface area contributed by atoms with Crippen LogP contribution in [0.3, 0.4) is 0 Å². The second-order valence-corrected chi connectivity index (χ2v) is 6.94. The monoisotopic (exact) mass is 377 g/mol. The van der Waals surface area contributed by atoms with Gasteiger partial charge in [-0.2, -0.15) is 4.98 Å². The minimum absolute atomic E-state index is 0. The number of carbonyl (C=O) groups excluding carboxylic acids is 1. The van der Waals surface area contributed by atoms with Crippen LogP contribution < -0.4 is 11.1 Å². The predicted molar refractivity (Wildman–Crippen MR) is 98.9 cm³/mol. The fourth-order valence-electron chi connectivity index (χ4n) is 3.40. The summed E-state index contributed by atoms with van der Waals surface area (Å²) < 4.78 is 5.25. The van der Waals surface area contributed by atoms with Crippen LogP contribution in [0.25, 0.3) is 0 Å². The zero-order valence-electron chi connectivity index (χ0n) is 14.6. The number of amides is 2. The molecular formula is C18H24ClN5O2. The molecule has 0 atom stereocenters. The third kappa shape index (κ3) is 3.68. The number of aromatic nitrogens is 2. The minimum Gasteiger partial charge on any atom is -0.339 e. The second-order valence-electron chi connectivity index (χ2n) is 6.94. The number of nitrogens with two attached hydrogens (primary N) is 1. The van der Waals surface area contributed by atoms with E-state index in [0.29, 0.717) is 31.2 Å². The fourth-order valence-corrected chi connectivity index (χ4v) is 3.40. The lowest BCUT2D eigenvalue weighted by Gasteiger charge is -2.34. The number of hydrogen-bond acceptors (Lipinski definition) is 5. The molecule has 1 saturated carbocycles. The maximum Gasteiger partial charge on any atom is 0.317 e. The summed E-state index contributed by atoms with van der Waals surface area (Å²) in [6.45, 7) is 1.86. The summed E-state index contributed by atoms with van der Waals surface area (Å²) >= 11 is 0. The van der Waals surface area contributed by atoms with Crippen molar-refractivity contribution in [2.75, 3.05) is 13.1 Å². The summed E-state index contributed by atoms with van der Waals surface area (Å²) in [5.41, 5.74) is 8.33. The van der Waals surface area contributed by atoms with Crippen LogP contribution in [0, 0.1) is 0 Å². The average molecular weight is 378 g/mol. The van der Waals surface area contributed by atoms with Gasteiger partial charge in [0.2, 0.25) is 5.89 Å². The van der Waals surface area contributed by atoms with Gasteiger partial charge in [0.1, 0.15) is 0 Å². The molecule has 2 aliphatic rings. The molecule has 0 unspecified atom stereocenters. The Morgan fingerprint density at radius 1 is 1.31 bits per heavy atom. The highest BCUT2D eigenvalue weighted by Crippen LogP contribution is 2.36. The van der Waals surface area contributed by atoms with E-state index in [1.807, 2.05) is 17.0 Å². The minimum atomic E-state index is -0.411. The largest absolute Gasteiger partial charge is 0.339 e. The van der Waals surface area contributed by atoms with Crippen molar-refractivity contribution in [2.45, 2.75) is 44.2 Å². The van der Waals surface area contributed by atoms with Crippen LogP contribution in [-0.2, 0) is 24.9 Å². The zero-order valence-corrected chi connectivity index (χ0v) is 15.4. The molecule has 0 bridgehead atoms. The Morgan fingerprint density at radius 3 is 2.81 bits per heavy atom. The van der Waals surface area contributed by atoms with Crippen LogP contribution in [0.2, 0.25) is 0 Å². The van der Waals surface area contributed by atoms with E-state index in [0.717, 1.165) is 32.2 Å². The van der Waals surface area contributed by atoms with E-state index in [2.05, 4.69) is 27.6 Å². The van der Waals surface area contributed by atoms with E-state index in [-0.39, 0.29) is 18.4 Å². The smallest absolute Gasteiger partial charge is 0.317 e. The van der Waals surface area contributed by atoms with Crippen molar-refractivity contribution in [3.63, 3.8) is 0 Å². The Hall–Kier alpha value is -2.12. The van der Waals surface area contributed by atoms with Gasteiger partial charge < -0.3 is 20.5 Å². The Balaban J connectivity index is 0.00000196. The predicted octanol–water partition coefficient (Wildman–Crippen LogP) is 2.14. The maximum absolute atomic E-state index is 12.3. The first-order valence-electron chi connectivity index (χ1n) is 8.86. The normalized spacial score (nSPS) is 17.7. The van der Waals surface area contributed by atoms with Gasteiger partial charge in [-0.05, 0) is 36.8 Å². The van der Waals surface area contributed by atoms with Crippen molar-refractivity contribution in [3.05, 3.63) is 47.1 Å². The summed E-state index contributed by atoms with van der Waals surface area (Å²) in [6.07, 6.45) is 4.32. The molecule has 0 radical (unpaired) electrons. The fraction of sp³-hybridized carbons (Fsp3) is 0.500. The number of urea groups is 1. The van der Waals surface area contributed by atoms with E-state index in [4.69, 9.17) is 10.3 Å². The highest BCUT2D eigenvalue weighted by Gasteiger charge is 2.38. The standard InChI is InChI=1S/C18H23N5O2.ClH/c19-18(8-3-9-18)16-21-15(25-22-16)6-10-20-17(24)23-11-7-13-4-1-2-5-14(13)12-23;/h1-2,4-5H,3,6-12,19H2,(H,20,24);1H. The molecule has 1 aliphatic heterocycles. The number of carbonyl (C=O) groups is 1. The highest BCUT2D eigenvalue weighted by molar-refractivity contribution is 5.85. The van der Waals surface area contributed by atoms with E-state index in [1.54, 1.807) is 0 Å². The third-order valence-corrected chi connectivity index (χ3v) is 5.19. The van der Waals surface area contributed by atoms with E-state index < -0.39 is 5.54 Å². The molecule has 1 aromatic carbocycles. The van der Waals surface area contributed by atoms with Crippen molar-refractivity contribution >= 4 is 18.4 Å². The van der Waals surface area contributed by atoms with Gasteiger partial charge in [0.15, 0.2) is 5.82 Å². The topological polar surface area (TPSA) is 97.3 Å². The van der Waals surface area contributed by atoms with Gasteiger partial charge in [-0.15, -0.1) is 12.4 Å². The first kappa shape index (κ1) is 18.7. The van der Waals surface area contributed by atoms with Crippen molar-refractivity contribution < 1.29 is 9.32 Å². The summed E-state index contributed by atoms with van der Waals surface area (Å²) in [5.74, 6) is 1.11. The Bertz CT molecular complexity index is 774. The average Bonchev–Trinajstić information content (AvgIpc) is 3.08. The Kier molecular flexibility index (Phi) is 5.48. The van der Waals surface area contributed by atoms with Crippen LogP contribution in [0.15, 0.2) is 28.8 Å². The SMILES string of the molecule is Cl.NC1(c2noc(CCNC(=O)N3CCc4ccccc4C3)n2)CCC1. The van der Waals surface area contributed by atoms with E-state index in [9.17, 15) is 4.79 Å². The molecule has 0 spiro atoms. The van der Waals surface area contributed by atoms with Crippen LogP contribution in [0.4, 0.5) is 4.79 Å². The lowest BCUT2D eigenvalue weighted by atomic mass is 9.77. The molecule has 7 nitrogen and oxygen atoms in total. The lowest BCUT2D eigenvalue weighted by Crippen LogP contribution is -2.44. The molecule has 8 heteroatoms. The van der Waals surface area contributed by atoms with E-state index >= 15 is 0 Å². The molecule has 1 aromatic heterocycles. The molecule has 1 aliphatic carbocycles. The van der Waals surface area contributed by atoms with Gasteiger partial charge in [0.25, 0.3) is 0 Å². The van der Waals surface area contributed by atoms with Crippen molar-refractivity contribution in [1.29, 1.82) is 0 Å². The number of nitrogens with one attached hydrogen (secondary N) is 1. The van der Waals surface area contributed by atoms with Gasteiger partial charge in [0.05, 0.1) is 5.54 Å². The molecule has 2 aromatic rings. The summed E-state index contributed by atoms with van der Waals surface area (Å²) in [6, 6.07) is 8.22. The molecule has 26 heavy (non-hydrogen) atoms. The van der Waals surface area contributed by atoms with Gasteiger partial charge in [-0.3, -0.25) is 0 Å². The summed E-state index contributed by atoms with van der Waals surface area (Å²) in [4.78, 5) is 18.6. The number of hydrogen-bond donors (Lipinski definition) is 2. The summed E-state index contributed by atoms with van der Waals surface area (Å²) in [5, 5.41) is 6.92. The van der Waals surface area contributed by atoms with Gasteiger partial charge in [0, 0.05) is 26.1 Å². The van der Waals surface area contributed by atoms with Crippen LogP contribution in [0.5, 0.6) is 0 Å². The number of benzene rings is 1. The first-order chi connectivity index (χ1) is 12.1. The number of fused-ring (bicyclic) bond motifs is 1. The van der Waals surface area contributed by atoms with Crippen LogP contribution in [-0.4, -0.2) is 34.2 Å². The second kappa shape index (κ2) is 7.63. The van der Waals surface area contributed by atoms with E-state index in [1.165, 1.54) is 11.1 Å². The first-order valence-corrected chi connectivity index (χ1v) is 8.86. The van der Waals surface area contributed by atoms with Crippen molar-refractivity contribution in [2.24, 2.45) is 5.73 Å². The molecule has 0 saturated heterocycles. The lowest BCUT2D eigenvalue weighted by molar-refractivity contribution is 0.192. The third-order valence-electron chi connectivity index (χ3n) is 5.19. The Morgan fingerprint density at radius 2 is 2.08 bits per heavy atom. The number of nitrogens with zero attached hydrogens (tertiary/aromatic N) is 3. The Labute approximate surface area is 158 Å². The molecular weight excluding hydrogens is 354 g/mol. The number of rotatable bonds is 4. The van der Waals surface area contributed by atoms with Crippen molar-refractivity contribution in [3.8, 4) is 0 Å². The highest BCUT2D eigenvalue weighted by atomic mass is 35.5. The van der Waals surface area contributed by atoms with Gasteiger partial charge in [-0.1, -0.05) is 29.4 Å². The van der Waals surface area contributed by atoms with Crippen LogP contribution in [0.1, 0.15) is 42.1 Å². The van der Waals surface area contributed by atoms with Gasteiger partial charge >= 0.3 is 6.03 Å². The molecule has 1 fully saturated rings.